The summed E-state index contributed by atoms with van der Waals surface area (Å²) in [6.45, 7) is 4.65. The van der Waals surface area contributed by atoms with Gasteiger partial charge in [0.2, 0.25) is 0 Å². The van der Waals surface area contributed by atoms with Crippen LogP contribution in [0.2, 0.25) is 0 Å². The van der Waals surface area contributed by atoms with E-state index in [-0.39, 0.29) is 11.3 Å². The van der Waals surface area contributed by atoms with E-state index >= 15 is 0 Å². The number of amides is 1. The molecule has 4 heteroatoms. The zero-order valence-electron chi connectivity index (χ0n) is 10.5. The summed E-state index contributed by atoms with van der Waals surface area (Å²) in [6, 6.07) is 7.94. The van der Waals surface area contributed by atoms with E-state index in [0.717, 1.165) is 15.6 Å². The van der Waals surface area contributed by atoms with E-state index in [2.05, 4.69) is 5.32 Å². The molecule has 1 aromatic carbocycles. The highest BCUT2D eigenvalue weighted by molar-refractivity contribution is 7.17. The van der Waals surface area contributed by atoms with Crippen molar-refractivity contribution >= 4 is 38.9 Å². The average Bonchev–Trinajstić information content (AvgIpc) is 2.80. The van der Waals surface area contributed by atoms with Crippen molar-refractivity contribution in [3.63, 3.8) is 0 Å². The van der Waals surface area contributed by atoms with Crippen LogP contribution in [0, 0.1) is 5.41 Å². The molecule has 2 nitrogen and oxygen atoms in total. The van der Waals surface area contributed by atoms with E-state index in [9.17, 15) is 4.79 Å². The third-order valence-corrected chi connectivity index (χ3v) is 4.50. The minimum Gasteiger partial charge on any atom is -0.351 e. The predicted octanol–water partition coefficient (Wildman–Crippen LogP) is 3.90. The normalized spacial score (nSPS) is 11.7. The van der Waals surface area contributed by atoms with Crippen molar-refractivity contribution in [2.24, 2.45) is 5.41 Å². The van der Waals surface area contributed by atoms with Gasteiger partial charge in [-0.05, 0) is 11.5 Å². The lowest BCUT2D eigenvalue weighted by molar-refractivity contribution is 0.0942. The van der Waals surface area contributed by atoms with Crippen LogP contribution in [0.5, 0.6) is 0 Å². The number of hydrogen-bond donors (Lipinski definition) is 1. The second kappa shape index (κ2) is 5.29. The van der Waals surface area contributed by atoms with Crippen LogP contribution < -0.4 is 5.32 Å². The first-order valence-electron chi connectivity index (χ1n) is 5.84. The summed E-state index contributed by atoms with van der Waals surface area (Å²) in [5.41, 5.74) is 0.671. The highest BCUT2D eigenvalue weighted by atomic mass is 35.5. The van der Waals surface area contributed by atoms with Crippen molar-refractivity contribution < 1.29 is 4.79 Å². The molecule has 1 N–H and O–H groups in total. The van der Waals surface area contributed by atoms with Crippen molar-refractivity contribution in [3.05, 3.63) is 35.2 Å². The van der Waals surface area contributed by atoms with Crippen LogP contribution in [-0.2, 0) is 0 Å². The fourth-order valence-electron chi connectivity index (χ4n) is 1.62. The topological polar surface area (TPSA) is 29.1 Å². The smallest absolute Gasteiger partial charge is 0.252 e. The van der Waals surface area contributed by atoms with Gasteiger partial charge in [0.05, 0.1) is 5.56 Å². The van der Waals surface area contributed by atoms with E-state index in [0.29, 0.717) is 12.4 Å². The van der Waals surface area contributed by atoms with Gasteiger partial charge in [0, 0.05) is 27.9 Å². The largest absolute Gasteiger partial charge is 0.351 e. The lowest BCUT2D eigenvalue weighted by Gasteiger charge is -2.21. The number of fused-ring (bicyclic) bond motifs is 1. The molecule has 18 heavy (non-hydrogen) atoms. The molecular weight excluding hydrogens is 266 g/mol. The van der Waals surface area contributed by atoms with Crippen molar-refractivity contribution in [2.75, 3.05) is 12.4 Å². The summed E-state index contributed by atoms with van der Waals surface area (Å²) in [7, 11) is 0. The van der Waals surface area contributed by atoms with Crippen LogP contribution in [0.4, 0.5) is 0 Å². The number of rotatable bonds is 4. The first-order chi connectivity index (χ1) is 8.53. The van der Waals surface area contributed by atoms with Crippen LogP contribution in [0.1, 0.15) is 24.2 Å². The van der Waals surface area contributed by atoms with Gasteiger partial charge in [-0.2, -0.15) is 0 Å². The summed E-state index contributed by atoms with van der Waals surface area (Å²) >= 11 is 7.44. The Bertz CT molecular complexity index is 562. The van der Waals surface area contributed by atoms with E-state index in [1.54, 1.807) is 11.3 Å². The molecule has 96 valence electrons. The maximum Gasteiger partial charge on any atom is 0.252 e. The Morgan fingerprint density at radius 1 is 1.39 bits per heavy atom. The lowest BCUT2D eigenvalue weighted by Crippen LogP contribution is -2.34. The van der Waals surface area contributed by atoms with Gasteiger partial charge in [0.1, 0.15) is 0 Å². The van der Waals surface area contributed by atoms with E-state index in [1.165, 1.54) is 0 Å². The number of hydrogen-bond acceptors (Lipinski definition) is 2. The highest BCUT2D eigenvalue weighted by Gasteiger charge is 2.19. The number of alkyl halides is 1. The summed E-state index contributed by atoms with van der Waals surface area (Å²) in [5, 5.41) is 5.88. The summed E-state index contributed by atoms with van der Waals surface area (Å²) in [4.78, 5) is 12.1. The fourth-order valence-corrected chi connectivity index (χ4v) is 2.65. The number of nitrogens with one attached hydrogen (secondary N) is 1. The summed E-state index contributed by atoms with van der Waals surface area (Å²) < 4.78 is 1.14. The zero-order valence-corrected chi connectivity index (χ0v) is 12.1. The first kappa shape index (κ1) is 13.4. The van der Waals surface area contributed by atoms with Gasteiger partial charge in [0.15, 0.2) is 0 Å². The second-order valence-corrected chi connectivity index (χ2v) is 6.30. The van der Waals surface area contributed by atoms with Gasteiger partial charge in [-0.15, -0.1) is 22.9 Å². The molecule has 2 rings (SSSR count). The Morgan fingerprint density at radius 3 is 2.83 bits per heavy atom. The van der Waals surface area contributed by atoms with Crippen LogP contribution >= 0.6 is 22.9 Å². The lowest BCUT2D eigenvalue weighted by atomic mass is 9.96. The Morgan fingerprint density at radius 2 is 2.11 bits per heavy atom. The van der Waals surface area contributed by atoms with Gasteiger partial charge in [-0.3, -0.25) is 4.79 Å². The predicted molar refractivity (Wildman–Crippen MR) is 78.7 cm³/mol. The molecule has 1 heterocycles. The molecule has 0 aliphatic rings. The molecule has 0 spiro atoms. The number of halogens is 1. The van der Waals surface area contributed by atoms with Crippen LogP contribution in [0.15, 0.2) is 29.6 Å². The fraction of sp³-hybridized carbons (Fsp3) is 0.357. The maximum absolute atomic E-state index is 12.1. The molecule has 0 saturated heterocycles. The number of carbonyl (C=O) groups is 1. The Hall–Kier alpha value is -1.06. The molecule has 0 unspecified atom stereocenters. The van der Waals surface area contributed by atoms with Gasteiger partial charge in [0.25, 0.3) is 5.91 Å². The molecule has 1 amide bonds. The number of thiophene rings is 1. The molecule has 0 radical (unpaired) electrons. The third kappa shape index (κ3) is 2.85. The van der Waals surface area contributed by atoms with Crippen LogP contribution in [0.3, 0.4) is 0 Å². The molecule has 0 fully saturated rings. The van der Waals surface area contributed by atoms with Crippen molar-refractivity contribution in [3.8, 4) is 0 Å². The molecule has 0 aliphatic heterocycles. The minimum absolute atomic E-state index is 0.0226. The van der Waals surface area contributed by atoms with E-state index < -0.39 is 0 Å². The van der Waals surface area contributed by atoms with Crippen molar-refractivity contribution in [1.29, 1.82) is 0 Å². The van der Waals surface area contributed by atoms with Crippen LogP contribution in [-0.4, -0.2) is 18.3 Å². The summed E-state index contributed by atoms with van der Waals surface area (Å²) in [6.07, 6.45) is 0. The molecule has 1 aromatic heterocycles. The molecule has 0 aliphatic carbocycles. The van der Waals surface area contributed by atoms with Gasteiger partial charge >= 0.3 is 0 Å². The van der Waals surface area contributed by atoms with E-state index in [4.69, 9.17) is 11.6 Å². The Labute approximate surface area is 116 Å². The van der Waals surface area contributed by atoms with Gasteiger partial charge in [-0.1, -0.05) is 32.0 Å². The molecular formula is C14H16ClNOS. The summed E-state index contributed by atoms with van der Waals surface area (Å²) in [5.74, 6) is 0.503. The molecule has 2 aromatic rings. The second-order valence-electron chi connectivity index (χ2n) is 5.13. The molecule has 0 atom stereocenters. The minimum atomic E-state index is -0.0803. The molecule has 0 saturated carbocycles. The standard InChI is InChI=1S/C14H16ClNOS/c1-14(2,8-15)9-16-13(17)11-7-18-12-6-4-3-5-10(11)12/h3-7H,8-9H2,1-2H3,(H,16,17). The number of benzene rings is 1. The highest BCUT2D eigenvalue weighted by Crippen LogP contribution is 2.25. The van der Waals surface area contributed by atoms with E-state index in [1.807, 2.05) is 43.5 Å². The SMILES string of the molecule is CC(C)(CCl)CNC(=O)c1csc2ccccc12. The van der Waals surface area contributed by atoms with Crippen molar-refractivity contribution in [1.82, 2.24) is 5.32 Å². The quantitative estimate of drug-likeness (QED) is 0.846. The Balaban J connectivity index is 2.14. The van der Waals surface area contributed by atoms with Gasteiger partial charge in [-0.25, -0.2) is 0 Å². The third-order valence-electron chi connectivity index (χ3n) is 2.81. The average molecular weight is 282 g/mol. The molecule has 0 bridgehead atoms. The first-order valence-corrected chi connectivity index (χ1v) is 7.25. The van der Waals surface area contributed by atoms with Crippen molar-refractivity contribution in [2.45, 2.75) is 13.8 Å². The Kier molecular flexibility index (Phi) is 3.93. The monoisotopic (exact) mass is 281 g/mol. The maximum atomic E-state index is 12.1. The van der Waals surface area contributed by atoms with Gasteiger partial charge < -0.3 is 5.32 Å². The zero-order chi connectivity index (χ0) is 13.2. The van der Waals surface area contributed by atoms with Crippen LogP contribution in [0.25, 0.3) is 10.1 Å². The number of carbonyl (C=O) groups excluding carboxylic acids is 1.